The van der Waals surface area contributed by atoms with Crippen LogP contribution in [0, 0.1) is 5.41 Å². The number of ether oxygens (including phenoxy) is 2. The second-order valence-electron chi connectivity index (χ2n) is 7.51. The van der Waals surface area contributed by atoms with Gasteiger partial charge in [-0.15, -0.1) is 0 Å². The zero-order valence-electron chi connectivity index (χ0n) is 18.9. The van der Waals surface area contributed by atoms with E-state index in [1.807, 2.05) is 13.8 Å². The number of rotatable bonds is 11. The van der Waals surface area contributed by atoms with Gasteiger partial charge in [-0.1, -0.05) is 38.8 Å². The molecule has 2 aromatic carbocycles. The number of nitrogens with two attached hydrogens (primary N) is 1. The van der Waals surface area contributed by atoms with Crippen molar-refractivity contribution in [1.82, 2.24) is 5.32 Å². The second kappa shape index (κ2) is 12.3. The fourth-order valence-electron chi connectivity index (χ4n) is 3.20. The minimum Gasteiger partial charge on any atom is -0.508 e. The van der Waals surface area contributed by atoms with Crippen molar-refractivity contribution < 1.29 is 29.3 Å². The van der Waals surface area contributed by atoms with E-state index in [1.165, 1.54) is 36.4 Å². The van der Waals surface area contributed by atoms with Gasteiger partial charge in [0.2, 0.25) is 0 Å². The lowest BCUT2D eigenvalue weighted by atomic mass is 9.90. The Morgan fingerprint density at radius 3 is 1.70 bits per heavy atom. The minimum absolute atomic E-state index is 0.0585. The first kappa shape index (κ1) is 25.5. The molecule has 33 heavy (non-hydrogen) atoms. The number of phenolic OH excluding ortho intramolecular Hbond substituents is 2. The van der Waals surface area contributed by atoms with Crippen LogP contribution >= 0.6 is 0 Å². The van der Waals surface area contributed by atoms with Crippen molar-refractivity contribution >= 4 is 17.9 Å². The van der Waals surface area contributed by atoms with Gasteiger partial charge in [-0.05, 0) is 48.2 Å². The number of carbonyl (C=O) groups is 2. The van der Waals surface area contributed by atoms with Crippen molar-refractivity contribution in [1.29, 1.82) is 5.41 Å². The highest BCUT2D eigenvalue weighted by atomic mass is 16.5. The topological polar surface area (TPSA) is 155 Å². The van der Waals surface area contributed by atoms with Crippen LogP contribution in [-0.4, -0.2) is 41.3 Å². The van der Waals surface area contributed by atoms with Gasteiger partial charge in [-0.25, -0.2) is 9.59 Å². The highest BCUT2D eigenvalue weighted by Gasteiger charge is 2.27. The van der Waals surface area contributed by atoms with Crippen LogP contribution in [0.3, 0.4) is 0 Å². The molecule has 0 saturated heterocycles. The number of benzene rings is 2. The van der Waals surface area contributed by atoms with Crippen LogP contribution in [0.1, 0.15) is 77.4 Å². The summed E-state index contributed by atoms with van der Waals surface area (Å²) in [4.78, 5) is 25.6. The van der Waals surface area contributed by atoms with Gasteiger partial charge in [0.1, 0.15) is 11.5 Å². The zero-order chi connectivity index (χ0) is 24.4. The molecule has 0 aliphatic carbocycles. The summed E-state index contributed by atoms with van der Waals surface area (Å²) in [7, 11) is 0. The summed E-state index contributed by atoms with van der Waals surface area (Å²) in [6, 6.07) is 7.33. The smallest absolute Gasteiger partial charge is 0.338 e. The second-order valence-corrected chi connectivity index (χ2v) is 7.51. The fraction of sp³-hybridized carbons (Fsp3) is 0.375. The van der Waals surface area contributed by atoms with Crippen LogP contribution in [0.2, 0.25) is 0 Å². The van der Waals surface area contributed by atoms with E-state index < -0.39 is 23.9 Å². The van der Waals surface area contributed by atoms with Crippen LogP contribution < -0.4 is 11.1 Å². The van der Waals surface area contributed by atoms with E-state index >= 15 is 0 Å². The summed E-state index contributed by atoms with van der Waals surface area (Å²) in [5.74, 6) is -2.01. The molecule has 6 N–H and O–H groups in total. The molecule has 0 unspecified atom stereocenters. The van der Waals surface area contributed by atoms with Crippen molar-refractivity contribution in [3.63, 3.8) is 0 Å². The number of aromatic hydroxyl groups is 2. The van der Waals surface area contributed by atoms with Crippen molar-refractivity contribution in [2.24, 2.45) is 5.73 Å². The summed E-state index contributed by atoms with van der Waals surface area (Å²) in [5, 5.41) is 30.5. The van der Waals surface area contributed by atoms with E-state index in [2.05, 4.69) is 5.32 Å². The molecule has 0 atom stereocenters. The molecular weight excluding hydrogens is 426 g/mol. The van der Waals surface area contributed by atoms with Crippen LogP contribution in [0.25, 0.3) is 0 Å². The van der Waals surface area contributed by atoms with Gasteiger partial charge in [0.05, 0.1) is 30.4 Å². The standard InChI is InChI=1S/C24H31N3O6/c1-3-5-11-32-22(30)19-13-15(28)7-9-17(19)21(27-24(25)26)18-10-8-16(29)14-20(18)23(31)33-12-6-4-2/h7-10,13-14,21,28-29H,3-6,11-12H2,1-2H3,(H4,25,26,27). The fourth-order valence-corrected chi connectivity index (χ4v) is 3.20. The first-order valence-electron chi connectivity index (χ1n) is 10.9. The van der Waals surface area contributed by atoms with Gasteiger partial charge in [0.15, 0.2) is 5.96 Å². The molecule has 0 aromatic heterocycles. The van der Waals surface area contributed by atoms with E-state index in [0.29, 0.717) is 24.0 Å². The number of carbonyl (C=O) groups excluding carboxylic acids is 2. The SMILES string of the molecule is CCCCOC(=O)c1cc(O)ccc1C(NC(=N)N)c1ccc(O)cc1C(=O)OCCCC. The third-order valence-corrected chi connectivity index (χ3v) is 4.90. The molecule has 0 spiro atoms. The Balaban J connectivity index is 2.57. The molecule has 0 saturated carbocycles. The Bertz CT molecular complexity index is 921. The molecule has 0 aliphatic heterocycles. The number of guanidine groups is 1. The molecule has 9 heteroatoms. The maximum Gasteiger partial charge on any atom is 0.338 e. The van der Waals surface area contributed by atoms with Gasteiger partial charge >= 0.3 is 11.9 Å². The van der Waals surface area contributed by atoms with Crippen molar-refractivity contribution in [2.45, 2.75) is 45.6 Å². The Labute approximate surface area is 193 Å². The lowest BCUT2D eigenvalue weighted by Gasteiger charge is -2.24. The Kier molecular flexibility index (Phi) is 9.53. The molecule has 0 heterocycles. The number of hydrogen-bond donors (Lipinski definition) is 5. The molecule has 0 radical (unpaired) electrons. The molecule has 178 valence electrons. The third-order valence-electron chi connectivity index (χ3n) is 4.90. The minimum atomic E-state index is -0.939. The number of esters is 2. The Morgan fingerprint density at radius 2 is 1.33 bits per heavy atom. The summed E-state index contributed by atoms with van der Waals surface area (Å²) < 4.78 is 10.6. The molecule has 0 amide bonds. The van der Waals surface area contributed by atoms with Gasteiger partial charge in [0.25, 0.3) is 0 Å². The summed E-state index contributed by atoms with van der Waals surface area (Å²) in [6.07, 6.45) is 3.04. The summed E-state index contributed by atoms with van der Waals surface area (Å²) in [6.45, 7) is 4.35. The Hall–Kier alpha value is -3.75. The van der Waals surface area contributed by atoms with Gasteiger partial charge < -0.3 is 30.7 Å². The third kappa shape index (κ3) is 7.13. The largest absolute Gasteiger partial charge is 0.508 e. The molecule has 2 aromatic rings. The first-order chi connectivity index (χ1) is 15.8. The maximum absolute atomic E-state index is 12.8. The van der Waals surface area contributed by atoms with E-state index in [0.717, 1.165) is 12.8 Å². The van der Waals surface area contributed by atoms with Crippen molar-refractivity contribution in [3.05, 3.63) is 58.7 Å². The van der Waals surface area contributed by atoms with Crippen molar-refractivity contribution in [3.8, 4) is 11.5 Å². The summed E-state index contributed by atoms with van der Waals surface area (Å²) >= 11 is 0. The molecule has 0 fully saturated rings. The van der Waals surface area contributed by atoms with E-state index in [9.17, 15) is 19.8 Å². The van der Waals surface area contributed by atoms with Crippen molar-refractivity contribution in [2.75, 3.05) is 13.2 Å². The van der Waals surface area contributed by atoms with Gasteiger partial charge in [-0.2, -0.15) is 0 Å². The van der Waals surface area contributed by atoms with E-state index in [-0.39, 0.29) is 35.8 Å². The molecule has 0 bridgehead atoms. The van der Waals surface area contributed by atoms with Crippen LogP contribution in [-0.2, 0) is 9.47 Å². The Morgan fingerprint density at radius 1 is 0.909 bits per heavy atom. The number of unbranched alkanes of at least 4 members (excludes halogenated alkanes) is 2. The molecule has 9 nitrogen and oxygen atoms in total. The predicted molar refractivity (Wildman–Crippen MR) is 123 cm³/mol. The molecule has 2 rings (SSSR count). The van der Waals surface area contributed by atoms with Gasteiger partial charge in [-0.3, -0.25) is 5.41 Å². The molecule has 0 aliphatic rings. The van der Waals surface area contributed by atoms with E-state index in [4.69, 9.17) is 20.6 Å². The number of phenols is 2. The van der Waals surface area contributed by atoms with Crippen LogP contribution in [0.5, 0.6) is 11.5 Å². The monoisotopic (exact) mass is 457 g/mol. The lowest BCUT2D eigenvalue weighted by molar-refractivity contribution is 0.0490. The van der Waals surface area contributed by atoms with Crippen LogP contribution in [0.15, 0.2) is 36.4 Å². The average molecular weight is 458 g/mol. The molecular formula is C24H31N3O6. The first-order valence-corrected chi connectivity index (χ1v) is 10.9. The summed E-state index contributed by atoms with van der Waals surface area (Å²) in [5.41, 5.74) is 6.40. The quantitative estimate of drug-likeness (QED) is 0.148. The number of nitrogens with one attached hydrogen (secondary N) is 2. The van der Waals surface area contributed by atoms with E-state index in [1.54, 1.807) is 0 Å². The average Bonchev–Trinajstić information content (AvgIpc) is 2.77. The predicted octanol–water partition coefficient (Wildman–Crippen LogP) is 3.58. The highest BCUT2D eigenvalue weighted by molar-refractivity contribution is 5.94. The maximum atomic E-state index is 12.8. The normalized spacial score (nSPS) is 10.6. The van der Waals surface area contributed by atoms with Gasteiger partial charge in [0, 0.05) is 0 Å². The van der Waals surface area contributed by atoms with Crippen LogP contribution in [0.4, 0.5) is 0 Å². The highest BCUT2D eigenvalue weighted by Crippen LogP contribution is 2.32. The number of hydrogen-bond acceptors (Lipinski definition) is 7. The zero-order valence-corrected chi connectivity index (χ0v) is 18.9. The lowest BCUT2D eigenvalue weighted by Crippen LogP contribution is -2.36.